The number of benzene rings is 3. The number of rotatable bonds is 4. The number of aromatic hydroxyl groups is 1. The van der Waals surface area contributed by atoms with E-state index in [-0.39, 0.29) is 11.4 Å². The van der Waals surface area contributed by atoms with Crippen molar-refractivity contribution in [3.05, 3.63) is 99.8 Å². The number of aliphatic imine (C=N–C) groups is 1. The molecule has 1 N–H and O–H groups in total. The molecule has 0 atom stereocenters. The summed E-state index contributed by atoms with van der Waals surface area (Å²) in [5, 5.41) is 12.3. The van der Waals surface area contributed by atoms with E-state index in [2.05, 4.69) is 11.9 Å². The summed E-state index contributed by atoms with van der Waals surface area (Å²) in [4.78, 5) is 17.8. The molecule has 4 rings (SSSR count). The Morgan fingerprint density at radius 3 is 2.31 bits per heavy atom. The number of hydrogen-bond acceptors (Lipinski definition) is 3. The van der Waals surface area contributed by atoms with Gasteiger partial charge in [0, 0.05) is 17.0 Å². The summed E-state index contributed by atoms with van der Waals surface area (Å²) in [6.07, 6.45) is 2.51. The first-order valence-electron chi connectivity index (χ1n) is 9.66. The summed E-state index contributed by atoms with van der Waals surface area (Å²) in [6, 6.07) is 22.7. The highest BCUT2D eigenvalue weighted by molar-refractivity contribution is 6.02. The zero-order valence-corrected chi connectivity index (χ0v) is 16.5. The molecular weight excluding hydrogens is 360 g/mol. The molecule has 1 heterocycles. The number of aryl methyl sites for hydroxylation is 2. The van der Waals surface area contributed by atoms with Crippen LogP contribution in [-0.4, -0.2) is 15.9 Å². The molecule has 0 spiro atoms. The molecule has 3 aromatic carbocycles. The van der Waals surface area contributed by atoms with Crippen LogP contribution in [0.3, 0.4) is 0 Å². The second-order valence-corrected chi connectivity index (χ2v) is 7.00. The summed E-state index contributed by atoms with van der Waals surface area (Å²) in [5.41, 5.74) is 3.94. The maximum absolute atomic E-state index is 13.1. The molecule has 0 unspecified atom stereocenters. The van der Waals surface area contributed by atoms with Gasteiger partial charge in [-0.25, -0.2) is 4.57 Å². The van der Waals surface area contributed by atoms with Crippen molar-refractivity contribution < 1.29 is 5.11 Å². The minimum absolute atomic E-state index is 0.115. The number of pyridine rings is 1. The van der Waals surface area contributed by atoms with Gasteiger partial charge < -0.3 is 5.11 Å². The molecule has 0 aliphatic carbocycles. The Balaban J connectivity index is 1.97. The number of para-hydroxylation sites is 1. The molecule has 0 saturated heterocycles. The smallest absolute Gasteiger partial charge is 0.265 e. The van der Waals surface area contributed by atoms with E-state index in [1.807, 2.05) is 73.7 Å². The van der Waals surface area contributed by atoms with Gasteiger partial charge in [-0.3, -0.25) is 9.79 Å². The largest absolute Gasteiger partial charge is 0.494 e. The Labute approximate surface area is 169 Å². The molecule has 29 heavy (non-hydrogen) atoms. The molecular formula is C25H22N2O2. The third-order valence-electron chi connectivity index (χ3n) is 5.10. The van der Waals surface area contributed by atoms with E-state index in [0.29, 0.717) is 22.0 Å². The van der Waals surface area contributed by atoms with Crippen molar-refractivity contribution in [3.63, 3.8) is 0 Å². The second kappa shape index (κ2) is 7.76. The van der Waals surface area contributed by atoms with Gasteiger partial charge in [-0.2, -0.15) is 0 Å². The molecule has 4 heteroatoms. The van der Waals surface area contributed by atoms with Crippen LogP contribution in [-0.2, 0) is 6.42 Å². The van der Waals surface area contributed by atoms with E-state index in [0.717, 1.165) is 23.2 Å². The Kier molecular flexibility index (Phi) is 5.00. The fourth-order valence-electron chi connectivity index (χ4n) is 3.49. The lowest BCUT2D eigenvalue weighted by atomic mass is 10.1. The van der Waals surface area contributed by atoms with Gasteiger partial charge >= 0.3 is 0 Å². The predicted octanol–water partition coefficient (Wildman–Crippen LogP) is 5.32. The van der Waals surface area contributed by atoms with Gasteiger partial charge in [0.1, 0.15) is 0 Å². The highest BCUT2D eigenvalue weighted by Gasteiger charge is 2.16. The lowest BCUT2D eigenvalue weighted by molar-refractivity contribution is 0.436. The quantitative estimate of drug-likeness (QED) is 0.486. The third kappa shape index (κ3) is 3.45. The molecule has 0 aliphatic heterocycles. The molecule has 4 nitrogen and oxygen atoms in total. The van der Waals surface area contributed by atoms with Gasteiger partial charge in [0.2, 0.25) is 5.88 Å². The second-order valence-electron chi connectivity index (χ2n) is 7.00. The van der Waals surface area contributed by atoms with Crippen molar-refractivity contribution in [2.24, 2.45) is 4.99 Å². The maximum atomic E-state index is 13.1. The minimum atomic E-state index is -0.256. The van der Waals surface area contributed by atoms with Gasteiger partial charge in [-0.05, 0) is 43.2 Å². The minimum Gasteiger partial charge on any atom is -0.494 e. The molecule has 0 amide bonds. The van der Waals surface area contributed by atoms with Crippen LogP contribution < -0.4 is 5.56 Å². The van der Waals surface area contributed by atoms with Crippen LogP contribution in [0, 0.1) is 6.92 Å². The van der Waals surface area contributed by atoms with E-state index in [4.69, 9.17) is 0 Å². The van der Waals surface area contributed by atoms with E-state index in [1.165, 1.54) is 4.57 Å². The first kappa shape index (κ1) is 18.7. The van der Waals surface area contributed by atoms with Crippen LogP contribution in [0.15, 0.2) is 82.6 Å². The third-order valence-corrected chi connectivity index (χ3v) is 5.10. The highest BCUT2D eigenvalue weighted by atomic mass is 16.3. The van der Waals surface area contributed by atoms with E-state index in [9.17, 15) is 9.90 Å². The van der Waals surface area contributed by atoms with Crippen LogP contribution in [0.25, 0.3) is 16.5 Å². The molecule has 0 radical (unpaired) electrons. The first-order chi connectivity index (χ1) is 14.1. The monoisotopic (exact) mass is 382 g/mol. The van der Waals surface area contributed by atoms with Crippen molar-refractivity contribution >= 4 is 22.7 Å². The normalized spacial score (nSPS) is 11.4. The fourth-order valence-corrected chi connectivity index (χ4v) is 3.49. The van der Waals surface area contributed by atoms with Gasteiger partial charge in [0.25, 0.3) is 5.56 Å². The lowest BCUT2D eigenvalue weighted by Crippen LogP contribution is -2.20. The number of hydrogen-bond donors (Lipinski definition) is 1. The zero-order valence-electron chi connectivity index (χ0n) is 16.5. The Morgan fingerprint density at radius 2 is 1.59 bits per heavy atom. The molecule has 4 aromatic rings. The lowest BCUT2D eigenvalue weighted by Gasteiger charge is -2.14. The molecule has 0 fully saturated rings. The highest BCUT2D eigenvalue weighted by Crippen LogP contribution is 2.27. The van der Waals surface area contributed by atoms with Crippen LogP contribution in [0.4, 0.5) is 5.69 Å². The molecule has 0 bridgehead atoms. The number of fused-ring (bicyclic) bond motifs is 1. The molecule has 1 aromatic heterocycles. The van der Waals surface area contributed by atoms with Gasteiger partial charge in [0.05, 0.1) is 16.9 Å². The Morgan fingerprint density at radius 1 is 0.931 bits per heavy atom. The Bertz CT molecular complexity index is 1270. The van der Waals surface area contributed by atoms with Crippen molar-refractivity contribution in [1.82, 2.24) is 4.57 Å². The topological polar surface area (TPSA) is 54.6 Å². The molecule has 0 aliphatic rings. The van der Waals surface area contributed by atoms with Crippen molar-refractivity contribution in [2.75, 3.05) is 0 Å². The van der Waals surface area contributed by atoms with E-state index >= 15 is 0 Å². The predicted molar refractivity (Wildman–Crippen MR) is 119 cm³/mol. The van der Waals surface area contributed by atoms with E-state index < -0.39 is 0 Å². The molecule has 0 saturated carbocycles. The summed E-state index contributed by atoms with van der Waals surface area (Å²) >= 11 is 0. The maximum Gasteiger partial charge on any atom is 0.265 e. The van der Waals surface area contributed by atoms with Crippen molar-refractivity contribution in [3.8, 4) is 11.6 Å². The van der Waals surface area contributed by atoms with Crippen LogP contribution in [0.5, 0.6) is 5.88 Å². The van der Waals surface area contributed by atoms with Gasteiger partial charge in [0.15, 0.2) is 0 Å². The first-order valence-corrected chi connectivity index (χ1v) is 9.66. The SMILES string of the molecule is CCc1ccccc1N=Cc1c(O)n(-c2ccc(C)cc2)c(=O)c2ccccc12. The van der Waals surface area contributed by atoms with Crippen LogP contribution in [0.2, 0.25) is 0 Å². The average molecular weight is 382 g/mol. The van der Waals surface area contributed by atoms with Gasteiger partial charge in [-0.1, -0.05) is 61.0 Å². The Hall–Kier alpha value is -3.66. The standard InChI is InChI=1S/C25H22N2O2/c1-3-18-8-4-7-11-23(18)26-16-22-20-9-5-6-10-21(20)24(28)27(25(22)29)19-14-12-17(2)13-15-19/h4-16,29H,3H2,1-2H3. The van der Waals surface area contributed by atoms with E-state index in [1.54, 1.807) is 12.3 Å². The van der Waals surface area contributed by atoms with Crippen molar-refractivity contribution in [2.45, 2.75) is 20.3 Å². The molecule has 144 valence electrons. The van der Waals surface area contributed by atoms with Gasteiger partial charge in [-0.15, -0.1) is 0 Å². The average Bonchev–Trinajstić information content (AvgIpc) is 2.75. The van der Waals surface area contributed by atoms with Crippen LogP contribution in [0.1, 0.15) is 23.6 Å². The summed E-state index contributed by atoms with van der Waals surface area (Å²) in [5.74, 6) is -0.115. The number of nitrogens with zero attached hydrogens (tertiary/aromatic N) is 2. The summed E-state index contributed by atoms with van der Waals surface area (Å²) < 4.78 is 1.34. The zero-order chi connectivity index (χ0) is 20.4. The van der Waals surface area contributed by atoms with Crippen molar-refractivity contribution in [1.29, 1.82) is 0 Å². The number of aromatic nitrogens is 1. The fraction of sp³-hybridized carbons (Fsp3) is 0.120. The summed E-state index contributed by atoms with van der Waals surface area (Å²) in [6.45, 7) is 4.06. The van der Waals surface area contributed by atoms with Crippen LogP contribution >= 0.6 is 0 Å². The summed E-state index contributed by atoms with van der Waals surface area (Å²) in [7, 11) is 0.